The summed E-state index contributed by atoms with van der Waals surface area (Å²) in [5.74, 6) is -1.11. The molecule has 0 aromatic heterocycles. The summed E-state index contributed by atoms with van der Waals surface area (Å²) in [7, 11) is 0. The van der Waals surface area contributed by atoms with Crippen molar-refractivity contribution in [2.24, 2.45) is 0 Å². The molecule has 0 rings (SSSR count). The summed E-state index contributed by atoms with van der Waals surface area (Å²) < 4.78 is 0. The van der Waals surface area contributed by atoms with Crippen LogP contribution in [-0.2, 0) is 4.79 Å². The molecule has 0 aromatic carbocycles. The van der Waals surface area contributed by atoms with Crippen molar-refractivity contribution in [1.29, 1.82) is 0 Å². The molecule has 0 aliphatic rings. The van der Waals surface area contributed by atoms with Crippen molar-refractivity contribution in [2.75, 3.05) is 0 Å². The molecule has 2 N–H and O–H groups in total. The van der Waals surface area contributed by atoms with Crippen molar-refractivity contribution in [3.8, 4) is 0 Å². The predicted octanol–water partition coefficient (Wildman–Crippen LogP) is 4.86. The number of carboxylic acids is 1. The molecule has 0 spiro atoms. The third-order valence-corrected chi connectivity index (χ3v) is 3.49. The second-order valence-electron chi connectivity index (χ2n) is 5.55. The predicted molar refractivity (Wildman–Crippen MR) is 88.4 cm³/mol. The van der Waals surface area contributed by atoms with E-state index < -0.39 is 12.1 Å². The molecule has 3 nitrogen and oxygen atoms in total. The molecule has 0 bridgehead atoms. The van der Waals surface area contributed by atoms with Gasteiger partial charge in [-0.15, -0.1) is 0 Å². The van der Waals surface area contributed by atoms with E-state index >= 15 is 0 Å². The van der Waals surface area contributed by atoms with Crippen molar-refractivity contribution in [3.05, 3.63) is 24.3 Å². The van der Waals surface area contributed by atoms with E-state index in [9.17, 15) is 4.79 Å². The molecule has 0 aliphatic heterocycles. The van der Waals surface area contributed by atoms with Gasteiger partial charge in [-0.05, 0) is 32.1 Å². The molecule has 0 aliphatic carbocycles. The zero-order valence-electron chi connectivity index (χ0n) is 13.5. The quantitative estimate of drug-likeness (QED) is 0.355. The highest BCUT2D eigenvalue weighted by Gasteiger charge is 2.11. The molecule has 0 saturated carbocycles. The molecule has 1 atom stereocenters. The lowest BCUT2D eigenvalue weighted by molar-refractivity contribution is -0.146. The Kier molecular flexibility index (Phi) is 14.5. The monoisotopic (exact) mass is 296 g/mol. The van der Waals surface area contributed by atoms with Crippen molar-refractivity contribution >= 4 is 5.97 Å². The molecule has 0 radical (unpaired) electrons. The van der Waals surface area contributed by atoms with Gasteiger partial charge in [-0.25, -0.2) is 4.79 Å². The van der Waals surface area contributed by atoms with Crippen LogP contribution >= 0.6 is 0 Å². The largest absolute Gasteiger partial charge is 0.479 e. The van der Waals surface area contributed by atoms with Gasteiger partial charge in [-0.1, -0.05) is 69.8 Å². The lowest BCUT2D eigenvalue weighted by Gasteiger charge is -2.04. The zero-order chi connectivity index (χ0) is 15.8. The molecule has 0 amide bonds. The van der Waals surface area contributed by atoms with Crippen LogP contribution in [0.4, 0.5) is 0 Å². The van der Waals surface area contributed by atoms with Crippen molar-refractivity contribution in [2.45, 2.75) is 83.7 Å². The molecular weight excluding hydrogens is 264 g/mol. The number of unbranched alkanes of at least 4 members (excludes halogenated alkanes) is 8. The van der Waals surface area contributed by atoms with Crippen LogP contribution < -0.4 is 0 Å². The number of hydrogen-bond acceptors (Lipinski definition) is 2. The van der Waals surface area contributed by atoms with Gasteiger partial charge in [0.25, 0.3) is 0 Å². The van der Waals surface area contributed by atoms with Crippen LogP contribution in [0.25, 0.3) is 0 Å². The second-order valence-corrected chi connectivity index (χ2v) is 5.55. The molecular formula is C18H32O3. The first-order chi connectivity index (χ1) is 10.2. The molecule has 0 fully saturated rings. The van der Waals surface area contributed by atoms with E-state index in [-0.39, 0.29) is 0 Å². The van der Waals surface area contributed by atoms with Crippen molar-refractivity contribution in [3.63, 3.8) is 0 Å². The van der Waals surface area contributed by atoms with Crippen LogP contribution in [0.5, 0.6) is 0 Å². The number of carboxylic acid groups (broad SMARTS) is 1. The van der Waals surface area contributed by atoms with Gasteiger partial charge >= 0.3 is 5.97 Å². The van der Waals surface area contributed by atoms with E-state index in [1.165, 1.54) is 38.5 Å². The summed E-state index contributed by atoms with van der Waals surface area (Å²) >= 11 is 0. The number of aliphatic carboxylic acids is 1. The smallest absolute Gasteiger partial charge is 0.332 e. The number of carbonyl (C=O) groups is 1. The Bertz CT molecular complexity index is 295. The number of hydrogen-bond donors (Lipinski definition) is 2. The summed E-state index contributed by atoms with van der Waals surface area (Å²) in [6.45, 7) is 2.22. The Balaban J connectivity index is 3.26. The highest BCUT2D eigenvalue weighted by Crippen LogP contribution is 2.09. The summed E-state index contributed by atoms with van der Waals surface area (Å²) in [5, 5.41) is 17.6. The van der Waals surface area contributed by atoms with Gasteiger partial charge in [0, 0.05) is 0 Å². The van der Waals surface area contributed by atoms with Gasteiger partial charge in [-0.3, -0.25) is 0 Å². The van der Waals surface area contributed by atoms with Gasteiger partial charge < -0.3 is 10.2 Å². The van der Waals surface area contributed by atoms with E-state index in [2.05, 4.69) is 31.2 Å². The fraction of sp³-hybridized carbons (Fsp3) is 0.722. The average Bonchev–Trinajstić information content (AvgIpc) is 2.47. The normalized spacial score (nSPS) is 13.2. The summed E-state index contributed by atoms with van der Waals surface area (Å²) in [5.41, 5.74) is 0. The highest BCUT2D eigenvalue weighted by molar-refractivity contribution is 5.71. The number of allylic oxidation sites excluding steroid dienone is 4. The van der Waals surface area contributed by atoms with E-state index in [0.29, 0.717) is 6.42 Å². The summed E-state index contributed by atoms with van der Waals surface area (Å²) in [6.07, 6.45) is 19.4. The fourth-order valence-corrected chi connectivity index (χ4v) is 2.12. The molecule has 0 saturated heterocycles. The molecule has 21 heavy (non-hydrogen) atoms. The molecule has 0 aromatic rings. The minimum atomic E-state index is -1.18. The topological polar surface area (TPSA) is 57.5 Å². The summed E-state index contributed by atoms with van der Waals surface area (Å²) in [6, 6.07) is 0. The average molecular weight is 296 g/mol. The Morgan fingerprint density at radius 1 is 0.905 bits per heavy atom. The first kappa shape index (κ1) is 19.9. The van der Waals surface area contributed by atoms with Gasteiger partial charge in [-0.2, -0.15) is 0 Å². The second kappa shape index (κ2) is 15.3. The third-order valence-electron chi connectivity index (χ3n) is 3.49. The maximum absolute atomic E-state index is 10.4. The van der Waals surface area contributed by atoms with Crippen LogP contribution in [0, 0.1) is 0 Å². The van der Waals surface area contributed by atoms with Crippen LogP contribution in [0.3, 0.4) is 0 Å². The van der Waals surface area contributed by atoms with Crippen LogP contribution in [-0.4, -0.2) is 22.3 Å². The third kappa shape index (κ3) is 15.1. The van der Waals surface area contributed by atoms with Gasteiger partial charge in [0.05, 0.1) is 0 Å². The van der Waals surface area contributed by atoms with Gasteiger partial charge in [0.15, 0.2) is 6.10 Å². The SMILES string of the molecule is CCCCCC=CC=CCCCCCCCC(O)C(=O)O. The Hall–Kier alpha value is -1.09. The van der Waals surface area contributed by atoms with Crippen LogP contribution in [0.2, 0.25) is 0 Å². The lowest BCUT2D eigenvalue weighted by Crippen LogP contribution is -2.18. The number of aliphatic hydroxyl groups excluding tert-OH is 1. The van der Waals surface area contributed by atoms with Crippen LogP contribution in [0.15, 0.2) is 24.3 Å². The number of rotatable bonds is 14. The standard InChI is InChI=1S/C18H32O3/c1-2-3-4-5-6-7-8-9-10-11-12-13-14-15-16-17(19)18(20)21/h6-9,17,19H,2-5,10-16H2,1H3,(H,20,21). The molecule has 122 valence electrons. The zero-order valence-corrected chi connectivity index (χ0v) is 13.5. The Labute approximate surface area is 129 Å². The van der Waals surface area contributed by atoms with Crippen molar-refractivity contribution in [1.82, 2.24) is 0 Å². The maximum Gasteiger partial charge on any atom is 0.332 e. The first-order valence-electron chi connectivity index (χ1n) is 8.41. The van der Waals surface area contributed by atoms with Crippen LogP contribution in [0.1, 0.15) is 77.6 Å². The van der Waals surface area contributed by atoms with Gasteiger partial charge in [0.2, 0.25) is 0 Å². The first-order valence-corrected chi connectivity index (χ1v) is 8.41. The molecule has 0 heterocycles. The van der Waals surface area contributed by atoms with E-state index in [0.717, 1.165) is 25.7 Å². The molecule has 3 heteroatoms. The Morgan fingerprint density at radius 3 is 2.00 bits per heavy atom. The minimum Gasteiger partial charge on any atom is -0.479 e. The lowest BCUT2D eigenvalue weighted by atomic mass is 10.1. The van der Waals surface area contributed by atoms with E-state index in [1.54, 1.807) is 0 Å². The van der Waals surface area contributed by atoms with Crippen molar-refractivity contribution < 1.29 is 15.0 Å². The van der Waals surface area contributed by atoms with E-state index in [1.807, 2.05) is 0 Å². The minimum absolute atomic E-state index is 0.373. The number of aliphatic hydroxyl groups is 1. The fourth-order valence-electron chi connectivity index (χ4n) is 2.12. The maximum atomic E-state index is 10.4. The van der Waals surface area contributed by atoms with Gasteiger partial charge in [0.1, 0.15) is 0 Å². The summed E-state index contributed by atoms with van der Waals surface area (Å²) in [4.78, 5) is 10.4. The highest BCUT2D eigenvalue weighted by atomic mass is 16.4. The van der Waals surface area contributed by atoms with E-state index in [4.69, 9.17) is 10.2 Å². The molecule has 1 unspecified atom stereocenters. The Morgan fingerprint density at radius 2 is 1.43 bits per heavy atom.